The Morgan fingerprint density at radius 3 is 2.44 bits per heavy atom. The molecule has 0 saturated heterocycles. The molecule has 2 fully saturated rings. The van der Waals surface area contributed by atoms with Crippen LogP contribution in [-0.2, 0) is 4.79 Å². The van der Waals surface area contributed by atoms with Gasteiger partial charge in [0.05, 0.1) is 0 Å². The predicted molar refractivity (Wildman–Crippen MR) is 74.1 cm³/mol. The summed E-state index contributed by atoms with van der Waals surface area (Å²) in [6, 6.07) is 0.823. The van der Waals surface area contributed by atoms with E-state index >= 15 is 0 Å². The lowest BCUT2D eigenvalue weighted by Gasteiger charge is -2.36. The van der Waals surface area contributed by atoms with Crippen LogP contribution in [0.2, 0.25) is 0 Å². The van der Waals surface area contributed by atoms with E-state index in [1.54, 1.807) is 0 Å². The van der Waals surface area contributed by atoms with Crippen molar-refractivity contribution < 1.29 is 4.79 Å². The van der Waals surface area contributed by atoms with Gasteiger partial charge in [-0.1, -0.05) is 19.8 Å². The number of hydrogen-bond acceptors (Lipinski definition) is 2. The Hall–Kier alpha value is -0.570. The van der Waals surface area contributed by atoms with Gasteiger partial charge in [-0.25, -0.2) is 0 Å². The molecule has 0 heterocycles. The second-order valence-electron chi connectivity index (χ2n) is 6.21. The largest absolute Gasteiger partial charge is 0.340 e. The summed E-state index contributed by atoms with van der Waals surface area (Å²) in [5, 5.41) is 0. The molecule has 1 amide bonds. The van der Waals surface area contributed by atoms with Gasteiger partial charge in [0, 0.05) is 24.5 Å². The van der Waals surface area contributed by atoms with Crippen LogP contribution >= 0.6 is 0 Å². The van der Waals surface area contributed by atoms with Gasteiger partial charge in [-0.3, -0.25) is 4.79 Å². The van der Waals surface area contributed by atoms with Gasteiger partial charge >= 0.3 is 0 Å². The molecular formula is C15H28N2O. The van der Waals surface area contributed by atoms with E-state index in [0.717, 1.165) is 25.8 Å². The van der Waals surface area contributed by atoms with Crippen LogP contribution in [0.1, 0.15) is 58.8 Å². The van der Waals surface area contributed by atoms with Crippen molar-refractivity contribution in [2.75, 3.05) is 6.54 Å². The number of carbonyl (C=O) groups is 1. The Bertz CT molecular complexity index is 286. The van der Waals surface area contributed by atoms with Gasteiger partial charge < -0.3 is 10.6 Å². The number of rotatable bonds is 3. The maximum Gasteiger partial charge on any atom is 0.225 e. The summed E-state index contributed by atoms with van der Waals surface area (Å²) in [4.78, 5) is 14.8. The van der Waals surface area contributed by atoms with Crippen LogP contribution in [0.5, 0.6) is 0 Å². The molecule has 2 saturated carbocycles. The molecule has 2 aliphatic carbocycles. The van der Waals surface area contributed by atoms with Crippen molar-refractivity contribution in [2.45, 2.75) is 70.9 Å². The molecule has 3 unspecified atom stereocenters. The van der Waals surface area contributed by atoms with E-state index < -0.39 is 0 Å². The highest BCUT2D eigenvalue weighted by atomic mass is 16.2. The third-order valence-corrected chi connectivity index (χ3v) is 4.97. The molecule has 104 valence electrons. The van der Waals surface area contributed by atoms with Crippen molar-refractivity contribution in [2.24, 2.45) is 17.6 Å². The normalized spacial score (nSPS) is 33.6. The van der Waals surface area contributed by atoms with Crippen molar-refractivity contribution in [1.82, 2.24) is 4.90 Å². The van der Waals surface area contributed by atoms with Crippen molar-refractivity contribution in [3.8, 4) is 0 Å². The Kier molecular flexibility index (Phi) is 4.66. The summed E-state index contributed by atoms with van der Waals surface area (Å²) in [5.41, 5.74) is 6.05. The quantitative estimate of drug-likeness (QED) is 0.839. The zero-order valence-electron chi connectivity index (χ0n) is 11.9. The molecule has 18 heavy (non-hydrogen) atoms. The van der Waals surface area contributed by atoms with Crippen LogP contribution in [0.3, 0.4) is 0 Å². The molecule has 0 aromatic carbocycles. The monoisotopic (exact) mass is 252 g/mol. The van der Waals surface area contributed by atoms with Gasteiger partial charge in [-0.05, 0) is 44.9 Å². The maximum absolute atomic E-state index is 12.7. The Morgan fingerprint density at radius 1 is 1.22 bits per heavy atom. The molecule has 0 aromatic heterocycles. The van der Waals surface area contributed by atoms with E-state index in [4.69, 9.17) is 5.73 Å². The molecule has 0 aliphatic heterocycles. The predicted octanol–water partition coefficient (Wildman–Crippen LogP) is 2.54. The second-order valence-corrected chi connectivity index (χ2v) is 6.21. The summed E-state index contributed by atoms with van der Waals surface area (Å²) in [6.45, 7) is 5.19. The Balaban J connectivity index is 1.96. The molecule has 0 aromatic rings. The fraction of sp³-hybridized carbons (Fsp3) is 0.933. The number of carbonyl (C=O) groups excluding carboxylic acids is 1. The van der Waals surface area contributed by atoms with Crippen LogP contribution in [0, 0.1) is 11.8 Å². The zero-order chi connectivity index (χ0) is 13.1. The number of nitrogens with zero attached hydrogens (tertiary/aromatic N) is 1. The minimum absolute atomic E-state index is 0.236. The highest BCUT2D eigenvalue weighted by molar-refractivity contribution is 5.79. The molecule has 2 rings (SSSR count). The van der Waals surface area contributed by atoms with E-state index in [9.17, 15) is 4.79 Å². The van der Waals surface area contributed by atoms with E-state index in [0.29, 0.717) is 23.9 Å². The third-order valence-electron chi connectivity index (χ3n) is 4.97. The van der Waals surface area contributed by atoms with Gasteiger partial charge in [0.2, 0.25) is 5.91 Å². The Morgan fingerprint density at radius 2 is 1.89 bits per heavy atom. The molecule has 2 aliphatic rings. The lowest BCUT2D eigenvalue weighted by molar-refractivity contribution is -0.139. The average molecular weight is 252 g/mol. The summed E-state index contributed by atoms with van der Waals surface area (Å²) in [5.74, 6) is 1.14. The Labute approximate surface area is 111 Å². The van der Waals surface area contributed by atoms with Crippen LogP contribution in [0.25, 0.3) is 0 Å². The topological polar surface area (TPSA) is 46.3 Å². The number of nitrogens with two attached hydrogens (primary N) is 1. The molecule has 3 nitrogen and oxygen atoms in total. The summed E-state index contributed by atoms with van der Waals surface area (Å²) in [7, 11) is 0. The van der Waals surface area contributed by atoms with Gasteiger partial charge in [-0.15, -0.1) is 0 Å². The minimum atomic E-state index is 0.236. The van der Waals surface area contributed by atoms with Gasteiger partial charge in [0.1, 0.15) is 0 Å². The summed E-state index contributed by atoms with van der Waals surface area (Å²) < 4.78 is 0. The van der Waals surface area contributed by atoms with Gasteiger partial charge in [-0.2, -0.15) is 0 Å². The van der Waals surface area contributed by atoms with Crippen molar-refractivity contribution >= 4 is 5.91 Å². The molecule has 0 radical (unpaired) electrons. The van der Waals surface area contributed by atoms with E-state index in [-0.39, 0.29) is 5.92 Å². The van der Waals surface area contributed by atoms with Crippen molar-refractivity contribution in [3.05, 3.63) is 0 Å². The minimum Gasteiger partial charge on any atom is -0.340 e. The van der Waals surface area contributed by atoms with Crippen LogP contribution < -0.4 is 5.73 Å². The fourth-order valence-corrected chi connectivity index (χ4v) is 3.69. The molecule has 0 spiro atoms. The first kappa shape index (κ1) is 13.9. The highest BCUT2D eigenvalue weighted by Gasteiger charge is 2.34. The van der Waals surface area contributed by atoms with E-state index in [1.165, 1.54) is 25.7 Å². The second kappa shape index (κ2) is 6.05. The smallest absolute Gasteiger partial charge is 0.225 e. The van der Waals surface area contributed by atoms with E-state index in [1.807, 2.05) is 0 Å². The molecule has 0 bridgehead atoms. The van der Waals surface area contributed by atoms with Gasteiger partial charge in [0.15, 0.2) is 0 Å². The van der Waals surface area contributed by atoms with Crippen LogP contribution in [-0.4, -0.2) is 29.4 Å². The first-order valence-corrected chi connectivity index (χ1v) is 7.69. The lowest BCUT2D eigenvalue weighted by Crippen LogP contribution is -2.45. The summed E-state index contributed by atoms with van der Waals surface area (Å²) >= 11 is 0. The van der Waals surface area contributed by atoms with Crippen molar-refractivity contribution in [1.29, 1.82) is 0 Å². The van der Waals surface area contributed by atoms with Crippen LogP contribution in [0.15, 0.2) is 0 Å². The zero-order valence-corrected chi connectivity index (χ0v) is 11.9. The maximum atomic E-state index is 12.7. The SMILES string of the molecule is CCN(C(=O)C1CCC(N)C(C)C1)C1CCCC1. The lowest BCUT2D eigenvalue weighted by atomic mass is 9.78. The molecule has 3 heteroatoms. The number of hydrogen-bond donors (Lipinski definition) is 1. The van der Waals surface area contributed by atoms with E-state index in [2.05, 4.69) is 18.7 Å². The molecule has 3 atom stereocenters. The highest BCUT2D eigenvalue weighted by Crippen LogP contribution is 2.32. The third kappa shape index (κ3) is 2.87. The summed E-state index contributed by atoms with van der Waals surface area (Å²) in [6.07, 6.45) is 8.00. The van der Waals surface area contributed by atoms with Crippen molar-refractivity contribution in [3.63, 3.8) is 0 Å². The first-order chi connectivity index (χ1) is 8.63. The first-order valence-electron chi connectivity index (χ1n) is 7.69. The fourth-order valence-electron chi connectivity index (χ4n) is 3.69. The van der Waals surface area contributed by atoms with Crippen LogP contribution in [0.4, 0.5) is 0 Å². The molecular weight excluding hydrogens is 224 g/mol. The number of amides is 1. The molecule has 2 N–H and O–H groups in total. The average Bonchev–Trinajstić information content (AvgIpc) is 2.87. The standard InChI is InChI=1S/C15H28N2O/c1-3-17(13-6-4-5-7-13)15(18)12-8-9-14(16)11(2)10-12/h11-14H,3-10,16H2,1-2H3. The van der Waals surface area contributed by atoms with Gasteiger partial charge in [0.25, 0.3) is 0 Å².